The van der Waals surface area contributed by atoms with Gasteiger partial charge in [0.1, 0.15) is 0 Å². The highest BCUT2D eigenvalue weighted by atomic mass is 16.5. The molecule has 4 nitrogen and oxygen atoms in total. The Hall–Kier alpha value is -1.29. The number of ether oxygens (including phenoxy) is 1. The smallest absolute Gasteiger partial charge is 0.306 e. The molecule has 0 spiro atoms. The molecule has 0 radical (unpaired) electrons. The summed E-state index contributed by atoms with van der Waals surface area (Å²) in [5.41, 5.74) is 1.07. The Kier molecular flexibility index (Phi) is 2.52. The monoisotopic (exact) mass is 209 g/mol. The van der Waals surface area contributed by atoms with Gasteiger partial charge >= 0.3 is 5.97 Å². The van der Waals surface area contributed by atoms with Crippen LogP contribution in [0.4, 0.5) is 0 Å². The predicted molar refractivity (Wildman–Crippen MR) is 54.7 cm³/mol. The van der Waals surface area contributed by atoms with E-state index in [1.165, 1.54) is 0 Å². The summed E-state index contributed by atoms with van der Waals surface area (Å²) in [5.74, 6) is -1.07. The van der Waals surface area contributed by atoms with Gasteiger partial charge in [-0.3, -0.25) is 4.79 Å². The Labute approximate surface area is 88.3 Å². The minimum atomic E-state index is -0.739. The summed E-state index contributed by atoms with van der Waals surface area (Å²) in [6.07, 6.45) is 4.43. The lowest BCUT2D eigenvalue weighted by Crippen LogP contribution is -2.48. The van der Waals surface area contributed by atoms with E-state index in [2.05, 4.69) is 4.98 Å². The molecule has 2 heterocycles. The van der Waals surface area contributed by atoms with Crippen LogP contribution >= 0.6 is 0 Å². The number of hydrogen-bond acceptors (Lipinski definition) is 2. The first kappa shape index (κ1) is 10.2. The summed E-state index contributed by atoms with van der Waals surface area (Å²) in [5, 5.41) is 8.91. The molecule has 0 saturated carbocycles. The Morgan fingerprint density at radius 2 is 2.47 bits per heavy atom. The lowest BCUT2D eigenvalue weighted by atomic mass is 9.73. The Morgan fingerprint density at radius 1 is 1.73 bits per heavy atom. The van der Waals surface area contributed by atoms with Gasteiger partial charge in [0, 0.05) is 17.8 Å². The van der Waals surface area contributed by atoms with E-state index < -0.39 is 5.97 Å². The molecule has 0 aliphatic carbocycles. The van der Waals surface area contributed by atoms with Crippen molar-refractivity contribution >= 4 is 5.97 Å². The second-order valence-electron chi connectivity index (χ2n) is 4.32. The number of rotatable bonds is 4. The van der Waals surface area contributed by atoms with Crippen molar-refractivity contribution in [1.29, 1.82) is 0 Å². The number of hydrogen-bond donors (Lipinski definition) is 2. The molecule has 15 heavy (non-hydrogen) atoms. The van der Waals surface area contributed by atoms with Crippen molar-refractivity contribution in [2.75, 3.05) is 13.2 Å². The number of carbonyl (C=O) groups is 1. The highest BCUT2D eigenvalue weighted by molar-refractivity contribution is 5.69. The zero-order chi connectivity index (χ0) is 10.9. The lowest BCUT2D eigenvalue weighted by Gasteiger charge is -2.42. The second-order valence-corrected chi connectivity index (χ2v) is 4.32. The highest BCUT2D eigenvalue weighted by Gasteiger charge is 2.42. The Bertz CT molecular complexity index is 341. The second kappa shape index (κ2) is 3.70. The molecule has 1 atom stereocenters. The van der Waals surface area contributed by atoms with Crippen LogP contribution in [0.5, 0.6) is 0 Å². The van der Waals surface area contributed by atoms with Crippen molar-refractivity contribution in [2.24, 2.45) is 5.92 Å². The lowest BCUT2D eigenvalue weighted by molar-refractivity contribution is -0.144. The van der Waals surface area contributed by atoms with E-state index in [-0.39, 0.29) is 11.3 Å². The molecule has 0 amide bonds. The van der Waals surface area contributed by atoms with Crippen molar-refractivity contribution in [1.82, 2.24) is 4.98 Å². The summed E-state index contributed by atoms with van der Waals surface area (Å²) in [6.45, 7) is 3.00. The third-order valence-corrected chi connectivity index (χ3v) is 3.09. The zero-order valence-electron chi connectivity index (χ0n) is 8.69. The first-order valence-electron chi connectivity index (χ1n) is 5.08. The molecular weight excluding hydrogens is 194 g/mol. The van der Waals surface area contributed by atoms with Gasteiger partial charge in [-0.15, -0.1) is 0 Å². The fraction of sp³-hybridized carbons (Fsp3) is 0.545. The molecule has 1 unspecified atom stereocenters. The van der Waals surface area contributed by atoms with E-state index >= 15 is 0 Å². The standard InChI is InChI=1S/C11H15NO3/c1-8(10(13)14)4-11(6-15-7-11)9-2-3-12-5-9/h2-3,5,8,12H,4,6-7H2,1H3,(H,13,14). The van der Waals surface area contributed by atoms with E-state index in [0.29, 0.717) is 19.6 Å². The number of aliphatic carboxylic acids is 1. The van der Waals surface area contributed by atoms with E-state index in [9.17, 15) is 4.79 Å². The molecule has 2 N–H and O–H groups in total. The van der Waals surface area contributed by atoms with Crippen LogP contribution in [0.15, 0.2) is 18.5 Å². The molecule has 1 aliphatic rings. The van der Waals surface area contributed by atoms with Gasteiger partial charge in [-0.2, -0.15) is 0 Å². The van der Waals surface area contributed by atoms with Gasteiger partial charge in [0.25, 0.3) is 0 Å². The molecule has 1 aliphatic heterocycles. The van der Waals surface area contributed by atoms with E-state index in [1.807, 2.05) is 18.5 Å². The quantitative estimate of drug-likeness (QED) is 0.787. The maximum absolute atomic E-state index is 10.8. The predicted octanol–water partition coefficient (Wildman–Crippen LogP) is 1.39. The molecule has 82 valence electrons. The number of aromatic nitrogens is 1. The van der Waals surface area contributed by atoms with Gasteiger partial charge in [0.05, 0.1) is 19.1 Å². The molecule has 0 aromatic carbocycles. The van der Waals surface area contributed by atoms with Gasteiger partial charge in [-0.1, -0.05) is 6.92 Å². The maximum Gasteiger partial charge on any atom is 0.306 e. The first-order chi connectivity index (χ1) is 7.14. The van der Waals surface area contributed by atoms with Crippen LogP contribution in [0, 0.1) is 5.92 Å². The normalized spacial score (nSPS) is 20.6. The molecule has 4 heteroatoms. The Morgan fingerprint density at radius 3 is 2.87 bits per heavy atom. The van der Waals surface area contributed by atoms with Gasteiger partial charge in [0.2, 0.25) is 0 Å². The number of carboxylic acids is 1. The van der Waals surface area contributed by atoms with Crippen LogP contribution in [0.1, 0.15) is 18.9 Å². The minimum Gasteiger partial charge on any atom is -0.481 e. The average Bonchev–Trinajstić information content (AvgIpc) is 2.63. The molecule has 2 rings (SSSR count). The van der Waals surface area contributed by atoms with Crippen molar-refractivity contribution < 1.29 is 14.6 Å². The molecule has 1 aromatic heterocycles. The van der Waals surface area contributed by atoms with Crippen LogP contribution in [0.2, 0.25) is 0 Å². The summed E-state index contributed by atoms with van der Waals surface area (Å²) < 4.78 is 5.24. The van der Waals surface area contributed by atoms with Crippen molar-refractivity contribution in [2.45, 2.75) is 18.8 Å². The van der Waals surface area contributed by atoms with Crippen molar-refractivity contribution in [3.05, 3.63) is 24.0 Å². The molecule has 1 aromatic rings. The summed E-state index contributed by atoms with van der Waals surface area (Å²) in [7, 11) is 0. The summed E-state index contributed by atoms with van der Waals surface area (Å²) in [6, 6.07) is 2.00. The van der Waals surface area contributed by atoms with E-state index in [4.69, 9.17) is 9.84 Å². The zero-order valence-corrected chi connectivity index (χ0v) is 8.69. The van der Waals surface area contributed by atoms with Gasteiger partial charge in [0.15, 0.2) is 0 Å². The first-order valence-corrected chi connectivity index (χ1v) is 5.08. The minimum absolute atomic E-state index is 0.0855. The highest BCUT2D eigenvalue weighted by Crippen LogP contribution is 2.38. The van der Waals surface area contributed by atoms with Crippen molar-refractivity contribution in [3.8, 4) is 0 Å². The Balaban J connectivity index is 2.13. The topological polar surface area (TPSA) is 62.3 Å². The van der Waals surface area contributed by atoms with Crippen LogP contribution in [-0.2, 0) is 14.9 Å². The fourth-order valence-electron chi connectivity index (χ4n) is 2.08. The third kappa shape index (κ3) is 1.77. The summed E-state index contributed by atoms with van der Waals surface area (Å²) in [4.78, 5) is 13.8. The third-order valence-electron chi connectivity index (χ3n) is 3.09. The number of H-pyrrole nitrogens is 1. The molecular formula is C11H15NO3. The maximum atomic E-state index is 10.8. The van der Waals surface area contributed by atoms with Crippen molar-refractivity contribution in [3.63, 3.8) is 0 Å². The van der Waals surface area contributed by atoms with E-state index in [1.54, 1.807) is 6.92 Å². The van der Waals surface area contributed by atoms with Gasteiger partial charge in [-0.05, 0) is 18.1 Å². The summed E-state index contributed by atoms with van der Waals surface area (Å²) >= 11 is 0. The SMILES string of the molecule is CC(CC1(c2cc[nH]c2)COC1)C(=O)O. The molecule has 0 bridgehead atoms. The number of nitrogens with one attached hydrogen (secondary N) is 1. The van der Waals surface area contributed by atoms with Crippen LogP contribution < -0.4 is 0 Å². The van der Waals surface area contributed by atoms with E-state index in [0.717, 1.165) is 5.56 Å². The average molecular weight is 209 g/mol. The molecule has 1 saturated heterocycles. The fourth-order valence-corrected chi connectivity index (χ4v) is 2.08. The molecule has 1 fully saturated rings. The largest absolute Gasteiger partial charge is 0.481 e. The van der Waals surface area contributed by atoms with Crippen LogP contribution in [-0.4, -0.2) is 29.3 Å². The number of aromatic amines is 1. The van der Waals surface area contributed by atoms with Crippen LogP contribution in [0.3, 0.4) is 0 Å². The van der Waals surface area contributed by atoms with Crippen LogP contribution in [0.25, 0.3) is 0 Å². The number of carboxylic acid groups (broad SMARTS) is 1. The van der Waals surface area contributed by atoms with Gasteiger partial charge in [-0.25, -0.2) is 0 Å². The van der Waals surface area contributed by atoms with Gasteiger partial charge < -0.3 is 14.8 Å².